The van der Waals surface area contributed by atoms with Crippen molar-refractivity contribution in [3.05, 3.63) is 23.9 Å². The molecule has 6 heteroatoms. The monoisotopic (exact) mass is 232 g/mol. The fourth-order valence-corrected chi connectivity index (χ4v) is 1.58. The molecule has 1 saturated carbocycles. The molecule has 2 rings (SSSR count). The van der Waals surface area contributed by atoms with Crippen molar-refractivity contribution < 1.29 is 18.3 Å². The molecule has 2 atom stereocenters. The van der Waals surface area contributed by atoms with Gasteiger partial charge in [0.1, 0.15) is 5.82 Å². The summed E-state index contributed by atoms with van der Waals surface area (Å²) in [7, 11) is 0. The predicted octanol–water partition coefficient (Wildman–Crippen LogP) is 2.04. The molecule has 0 aliphatic heterocycles. The van der Waals surface area contributed by atoms with Crippen molar-refractivity contribution in [1.29, 1.82) is 0 Å². The van der Waals surface area contributed by atoms with Gasteiger partial charge in [-0.2, -0.15) is 13.2 Å². The minimum Gasteiger partial charge on any atom is -0.391 e. The Morgan fingerprint density at radius 2 is 2.12 bits per heavy atom. The van der Waals surface area contributed by atoms with E-state index in [2.05, 4.69) is 10.3 Å². The third kappa shape index (κ3) is 2.11. The fraction of sp³-hybridized carbons (Fsp3) is 0.500. The van der Waals surface area contributed by atoms with Crippen molar-refractivity contribution in [1.82, 2.24) is 4.98 Å². The van der Waals surface area contributed by atoms with E-state index in [-0.39, 0.29) is 11.9 Å². The molecule has 1 aromatic heterocycles. The highest BCUT2D eigenvalue weighted by atomic mass is 19.4. The maximum Gasteiger partial charge on any atom is 0.419 e. The Morgan fingerprint density at radius 1 is 1.38 bits per heavy atom. The van der Waals surface area contributed by atoms with Crippen LogP contribution in [0.15, 0.2) is 18.3 Å². The second-order valence-electron chi connectivity index (χ2n) is 3.79. The number of halogens is 3. The number of anilines is 1. The van der Waals surface area contributed by atoms with Crippen molar-refractivity contribution in [3.63, 3.8) is 0 Å². The molecular weight excluding hydrogens is 221 g/mol. The van der Waals surface area contributed by atoms with Gasteiger partial charge in [-0.3, -0.25) is 0 Å². The van der Waals surface area contributed by atoms with Crippen LogP contribution in [0.25, 0.3) is 0 Å². The summed E-state index contributed by atoms with van der Waals surface area (Å²) in [6.45, 7) is 0. The molecule has 1 fully saturated rings. The molecule has 88 valence electrons. The zero-order valence-electron chi connectivity index (χ0n) is 8.33. The first kappa shape index (κ1) is 11.2. The Morgan fingerprint density at radius 3 is 2.62 bits per heavy atom. The van der Waals surface area contributed by atoms with E-state index in [4.69, 9.17) is 0 Å². The van der Waals surface area contributed by atoms with Crippen molar-refractivity contribution in [3.8, 4) is 0 Å². The van der Waals surface area contributed by atoms with Gasteiger partial charge in [0.05, 0.1) is 17.7 Å². The van der Waals surface area contributed by atoms with Crippen LogP contribution < -0.4 is 5.32 Å². The Balaban J connectivity index is 2.20. The number of hydrogen-bond donors (Lipinski definition) is 2. The molecule has 1 aliphatic rings. The molecule has 2 N–H and O–H groups in total. The standard InChI is InChI=1S/C10H11F3N2O/c11-10(12,13)6-2-1-5-14-9(6)15-7-3-4-8(7)16/h1-2,5,7-8,16H,3-4H2,(H,14,15). The summed E-state index contributed by atoms with van der Waals surface area (Å²) in [6.07, 6.45) is -2.43. The summed E-state index contributed by atoms with van der Waals surface area (Å²) in [4.78, 5) is 3.66. The van der Waals surface area contributed by atoms with Gasteiger partial charge in [0.2, 0.25) is 0 Å². The van der Waals surface area contributed by atoms with Crippen LogP contribution in [-0.2, 0) is 6.18 Å². The van der Waals surface area contributed by atoms with Crippen LogP contribution in [0.5, 0.6) is 0 Å². The van der Waals surface area contributed by atoms with Gasteiger partial charge >= 0.3 is 6.18 Å². The molecule has 0 spiro atoms. The SMILES string of the molecule is OC1CCC1Nc1ncccc1C(F)(F)F. The van der Waals surface area contributed by atoms with Gasteiger partial charge in [-0.1, -0.05) is 0 Å². The van der Waals surface area contributed by atoms with Crippen LogP contribution in [0.3, 0.4) is 0 Å². The van der Waals surface area contributed by atoms with Crippen molar-refractivity contribution in [2.45, 2.75) is 31.2 Å². The molecule has 3 nitrogen and oxygen atoms in total. The second-order valence-corrected chi connectivity index (χ2v) is 3.79. The first-order valence-corrected chi connectivity index (χ1v) is 4.95. The largest absolute Gasteiger partial charge is 0.419 e. The summed E-state index contributed by atoms with van der Waals surface area (Å²) < 4.78 is 37.7. The lowest BCUT2D eigenvalue weighted by Crippen LogP contribution is -2.43. The number of rotatable bonds is 2. The van der Waals surface area contributed by atoms with Crippen molar-refractivity contribution in [2.75, 3.05) is 5.32 Å². The van der Waals surface area contributed by atoms with Gasteiger partial charge in [0, 0.05) is 6.20 Å². The minimum atomic E-state index is -4.43. The average Bonchev–Trinajstić information content (AvgIpc) is 2.23. The van der Waals surface area contributed by atoms with Crippen molar-refractivity contribution >= 4 is 5.82 Å². The molecule has 1 heterocycles. The molecule has 1 aromatic rings. The maximum atomic E-state index is 12.6. The third-order valence-corrected chi connectivity index (χ3v) is 2.67. The lowest BCUT2D eigenvalue weighted by molar-refractivity contribution is -0.137. The zero-order chi connectivity index (χ0) is 11.8. The number of nitrogens with one attached hydrogen (secondary N) is 1. The number of aliphatic hydroxyl groups excluding tert-OH is 1. The highest BCUT2D eigenvalue weighted by molar-refractivity contribution is 5.46. The van der Waals surface area contributed by atoms with E-state index in [9.17, 15) is 18.3 Å². The molecule has 0 amide bonds. The van der Waals surface area contributed by atoms with Crippen molar-refractivity contribution in [2.24, 2.45) is 0 Å². The highest BCUT2D eigenvalue weighted by Crippen LogP contribution is 2.35. The van der Waals surface area contributed by atoms with Crippen LogP contribution in [0.1, 0.15) is 18.4 Å². The summed E-state index contributed by atoms with van der Waals surface area (Å²) in [5.41, 5.74) is -0.797. The van der Waals surface area contributed by atoms with Crippen LogP contribution in [0, 0.1) is 0 Å². The first-order valence-electron chi connectivity index (χ1n) is 4.95. The van der Waals surface area contributed by atoms with Gasteiger partial charge in [-0.25, -0.2) is 4.98 Å². The van der Waals surface area contributed by atoms with Crippen LogP contribution >= 0.6 is 0 Å². The van der Waals surface area contributed by atoms with Gasteiger partial charge in [-0.05, 0) is 25.0 Å². The average molecular weight is 232 g/mol. The number of aromatic nitrogens is 1. The molecule has 0 saturated heterocycles. The Bertz CT molecular complexity index is 381. The van der Waals surface area contributed by atoms with E-state index in [1.165, 1.54) is 12.3 Å². The zero-order valence-corrected chi connectivity index (χ0v) is 8.33. The molecule has 2 unspecified atom stereocenters. The lowest BCUT2D eigenvalue weighted by atomic mass is 9.89. The summed E-state index contributed by atoms with van der Waals surface area (Å²) in [5.74, 6) is -0.209. The van der Waals surface area contributed by atoms with Crippen LogP contribution in [0.2, 0.25) is 0 Å². The van der Waals surface area contributed by atoms with E-state index < -0.39 is 17.8 Å². The number of nitrogens with zero attached hydrogens (tertiary/aromatic N) is 1. The summed E-state index contributed by atoms with van der Waals surface area (Å²) >= 11 is 0. The summed E-state index contributed by atoms with van der Waals surface area (Å²) in [5, 5.41) is 11.9. The fourth-order valence-electron chi connectivity index (χ4n) is 1.58. The maximum absolute atomic E-state index is 12.6. The first-order chi connectivity index (χ1) is 7.48. The van der Waals surface area contributed by atoms with Gasteiger partial charge < -0.3 is 10.4 Å². The number of aliphatic hydroxyl groups is 1. The van der Waals surface area contributed by atoms with E-state index in [1.54, 1.807) is 0 Å². The number of pyridine rings is 1. The molecule has 0 radical (unpaired) electrons. The molecule has 1 aliphatic carbocycles. The second kappa shape index (κ2) is 3.93. The predicted molar refractivity (Wildman–Crippen MR) is 51.9 cm³/mol. The van der Waals surface area contributed by atoms with Crippen LogP contribution in [-0.4, -0.2) is 22.2 Å². The van der Waals surface area contributed by atoms with E-state index in [1.807, 2.05) is 0 Å². The molecule has 16 heavy (non-hydrogen) atoms. The molecular formula is C10H11F3N2O. The Labute approximate surface area is 90.3 Å². The third-order valence-electron chi connectivity index (χ3n) is 2.67. The highest BCUT2D eigenvalue weighted by Gasteiger charge is 2.36. The van der Waals surface area contributed by atoms with Gasteiger partial charge in [0.25, 0.3) is 0 Å². The Kier molecular flexibility index (Phi) is 2.75. The topological polar surface area (TPSA) is 45.1 Å². The molecule has 0 aromatic carbocycles. The van der Waals surface area contributed by atoms with E-state index in [0.29, 0.717) is 12.8 Å². The normalized spacial score (nSPS) is 25.0. The molecule has 0 bridgehead atoms. The van der Waals surface area contributed by atoms with E-state index >= 15 is 0 Å². The van der Waals surface area contributed by atoms with E-state index in [0.717, 1.165) is 6.07 Å². The number of alkyl halides is 3. The van der Waals surface area contributed by atoms with Crippen LogP contribution in [0.4, 0.5) is 19.0 Å². The Hall–Kier alpha value is -1.30. The number of hydrogen-bond acceptors (Lipinski definition) is 3. The smallest absolute Gasteiger partial charge is 0.391 e. The minimum absolute atomic E-state index is 0.209. The van der Waals surface area contributed by atoms with Gasteiger partial charge in [0.15, 0.2) is 0 Å². The lowest BCUT2D eigenvalue weighted by Gasteiger charge is -2.33. The van der Waals surface area contributed by atoms with Gasteiger partial charge in [-0.15, -0.1) is 0 Å². The quantitative estimate of drug-likeness (QED) is 0.820. The summed E-state index contributed by atoms with van der Waals surface area (Å²) in [6, 6.07) is 1.89.